The maximum atomic E-state index is 5.75. The maximum absolute atomic E-state index is 5.75. The fourth-order valence-electron chi connectivity index (χ4n) is 2.30. The molecule has 0 fully saturated rings. The van der Waals surface area contributed by atoms with E-state index in [2.05, 4.69) is 34.6 Å². The average Bonchev–Trinajstić information content (AvgIpc) is 3.08. The smallest absolute Gasteiger partial charge is 0.247 e. The molecule has 5 heteroatoms. The second kappa shape index (κ2) is 5.11. The number of hydrogen-bond acceptors (Lipinski definition) is 5. The summed E-state index contributed by atoms with van der Waals surface area (Å²) in [4.78, 5) is 0. The van der Waals surface area contributed by atoms with Crippen molar-refractivity contribution in [3.8, 4) is 11.5 Å². The summed E-state index contributed by atoms with van der Waals surface area (Å²) in [5.41, 5.74) is 3.40. The number of aromatic nitrogens is 2. The summed E-state index contributed by atoms with van der Waals surface area (Å²) >= 11 is 0. The molecule has 1 aliphatic heterocycles. The zero-order valence-corrected chi connectivity index (χ0v) is 11.1. The van der Waals surface area contributed by atoms with E-state index in [1.165, 1.54) is 11.1 Å². The third-order valence-electron chi connectivity index (χ3n) is 3.46. The van der Waals surface area contributed by atoms with Crippen LogP contribution in [0.5, 0.6) is 0 Å². The Bertz CT molecular complexity index is 576. The van der Waals surface area contributed by atoms with Gasteiger partial charge >= 0.3 is 0 Å². The Morgan fingerprint density at radius 3 is 2.89 bits per heavy atom. The van der Waals surface area contributed by atoms with Crippen molar-refractivity contribution >= 4 is 0 Å². The first-order chi connectivity index (χ1) is 9.31. The summed E-state index contributed by atoms with van der Waals surface area (Å²) in [6, 6.07) is 6.25. The highest BCUT2D eigenvalue weighted by Gasteiger charge is 2.18. The lowest BCUT2D eigenvalue weighted by Gasteiger charge is -2.07. The predicted octanol–water partition coefficient (Wildman–Crippen LogP) is 2.44. The number of fused-ring (bicyclic) bond motifs is 1. The monoisotopic (exact) mass is 259 g/mol. The molecule has 1 unspecified atom stereocenters. The van der Waals surface area contributed by atoms with Gasteiger partial charge in [0.15, 0.2) is 0 Å². The summed E-state index contributed by atoms with van der Waals surface area (Å²) in [5.74, 6) is 1.20. The van der Waals surface area contributed by atoms with Crippen LogP contribution in [0, 0.1) is 0 Å². The number of rotatable bonds is 4. The van der Waals surface area contributed by atoms with Crippen molar-refractivity contribution in [2.75, 3.05) is 7.05 Å². The van der Waals surface area contributed by atoms with Gasteiger partial charge in [0.05, 0.1) is 19.3 Å². The third kappa shape index (κ3) is 2.27. The second-order valence-electron chi connectivity index (χ2n) is 4.67. The zero-order chi connectivity index (χ0) is 13.2. The SMILES string of the molecule is CCC(NC)c1nnc(-c2ccc3c(c2)COC3)o1. The Kier molecular flexibility index (Phi) is 3.31. The van der Waals surface area contributed by atoms with Gasteiger partial charge in [0.2, 0.25) is 11.8 Å². The molecule has 0 spiro atoms. The van der Waals surface area contributed by atoms with E-state index in [-0.39, 0.29) is 6.04 Å². The Hall–Kier alpha value is -1.72. The molecule has 0 aliphatic carbocycles. The van der Waals surface area contributed by atoms with Crippen LogP contribution in [0.1, 0.15) is 36.4 Å². The Labute approximate surface area is 112 Å². The minimum absolute atomic E-state index is 0.110. The van der Waals surface area contributed by atoms with Gasteiger partial charge < -0.3 is 14.5 Å². The molecule has 1 aliphatic rings. The molecule has 0 saturated heterocycles. The van der Waals surface area contributed by atoms with Gasteiger partial charge in [-0.15, -0.1) is 10.2 Å². The molecule has 1 aromatic heterocycles. The van der Waals surface area contributed by atoms with Crippen molar-refractivity contribution in [3.63, 3.8) is 0 Å². The van der Waals surface area contributed by atoms with Gasteiger partial charge in [0.25, 0.3) is 0 Å². The molecule has 100 valence electrons. The standard InChI is InChI=1S/C14H17N3O2/c1-3-12(15-2)14-17-16-13(19-14)9-4-5-10-7-18-8-11(10)6-9/h4-6,12,15H,3,7-8H2,1-2H3. The van der Waals surface area contributed by atoms with Crippen molar-refractivity contribution in [2.24, 2.45) is 0 Å². The van der Waals surface area contributed by atoms with Crippen LogP contribution < -0.4 is 5.32 Å². The normalized spacial score (nSPS) is 15.5. The summed E-state index contributed by atoms with van der Waals surface area (Å²) < 4.78 is 11.2. The highest BCUT2D eigenvalue weighted by molar-refractivity contribution is 5.55. The van der Waals surface area contributed by atoms with Crippen molar-refractivity contribution in [1.82, 2.24) is 15.5 Å². The third-order valence-corrected chi connectivity index (χ3v) is 3.46. The first kappa shape index (κ1) is 12.3. The molecule has 2 heterocycles. The van der Waals surface area contributed by atoms with Crippen molar-refractivity contribution in [1.29, 1.82) is 0 Å². The molecule has 5 nitrogen and oxygen atoms in total. The second-order valence-corrected chi connectivity index (χ2v) is 4.67. The van der Waals surface area contributed by atoms with Crippen LogP contribution in [0.4, 0.5) is 0 Å². The van der Waals surface area contributed by atoms with E-state index in [0.717, 1.165) is 12.0 Å². The number of hydrogen-bond donors (Lipinski definition) is 1. The van der Waals surface area contributed by atoms with Crippen LogP contribution in [-0.4, -0.2) is 17.2 Å². The number of nitrogens with zero attached hydrogens (tertiary/aromatic N) is 2. The van der Waals surface area contributed by atoms with Gasteiger partial charge in [0.1, 0.15) is 0 Å². The molecule has 0 bridgehead atoms. The van der Waals surface area contributed by atoms with E-state index in [4.69, 9.17) is 9.15 Å². The number of nitrogens with one attached hydrogen (secondary N) is 1. The summed E-state index contributed by atoms with van der Waals surface area (Å²) in [6.07, 6.45) is 0.913. The van der Waals surface area contributed by atoms with Crippen LogP contribution in [0.25, 0.3) is 11.5 Å². The minimum Gasteiger partial charge on any atom is -0.419 e. The molecule has 1 N–H and O–H groups in total. The van der Waals surface area contributed by atoms with Gasteiger partial charge in [-0.3, -0.25) is 0 Å². The van der Waals surface area contributed by atoms with Crippen molar-refractivity contribution in [2.45, 2.75) is 32.6 Å². The molecular weight excluding hydrogens is 242 g/mol. The molecule has 1 atom stereocenters. The van der Waals surface area contributed by atoms with E-state index < -0.39 is 0 Å². The van der Waals surface area contributed by atoms with Crippen LogP contribution in [0.2, 0.25) is 0 Å². The Morgan fingerprint density at radius 1 is 1.26 bits per heavy atom. The molecule has 0 saturated carbocycles. The van der Waals surface area contributed by atoms with Gasteiger partial charge in [-0.25, -0.2) is 0 Å². The lowest BCUT2D eigenvalue weighted by atomic mass is 10.1. The summed E-state index contributed by atoms with van der Waals surface area (Å²) in [7, 11) is 1.89. The highest BCUT2D eigenvalue weighted by atomic mass is 16.5. The lowest BCUT2D eigenvalue weighted by molar-refractivity contribution is 0.134. The van der Waals surface area contributed by atoms with E-state index >= 15 is 0 Å². The molecule has 3 rings (SSSR count). The fourth-order valence-corrected chi connectivity index (χ4v) is 2.30. The van der Waals surface area contributed by atoms with Gasteiger partial charge in [-0.2, -0.15) is 0 Å². The molecule has 19 heavy (non-hydrogen) atoms. The zero-order valence-electron chi connectivity index (χ0n) is 11.1. The topological polar surface area (TPSA) is 60.2 Å². The largest absolute Gasteiger partial charge is 0.419 e. The van der Waals surface area contributed by atoms with Crippen LogP contribution in [0.15, 0.2) is 22.6 Å². The van der Waals surface area contributed by atoms with Gasteiger partial charge in [0, 0.05) is 5.56 Å². The van der Waals surface area contributed by atoms with Crippen molar-refractivity contribution in [3.05, 3.63) is 35.2 Å². The first-order valence-corrected chi connectivity index (χ1v) is 6.52. The van der Waals surface area contributed by atoms with E-state index in [9.17, 15) is 0 Å². The predicted molar refractivity (Wildman–Crippen MR) is 70.3 cm³/mol. The molecular formula is C14H17N3O2. The Morgan fingerprint density at radius 2 is 2.11 bits per heavy atom. The quantitative estimate of drug-likeness (QED) is 0.913. The van der Waals surface area contributed by atoms with Gasteiger partial charge in [-0.1, -0.05) is 13.0 Å². The first-order valence-electron chi connectivity index (χ1n) is 6.52. The maximum Gasteiger partial charge on any atom is 0.247 e. The highest BCUT2D eigenvalue weighted by Crippen LogP contribution is 2.27. The number of benzene rings is 1. The average molecular weight is 259 g/mol. The van der Waals surface area contributed by atoms with Crippen LogP contribution in [-0.2, 0) is 18.0 Å². The number of ether oxygens (including phenoxy) is 1. The minimum atomic E-state index is 0.110. The van der Waals surface area contributed by atoms with Crippen molar-refractivity contribution < 1.29 is 9.15 Å². The summed E-state index contributed by atoms with van der Waals surface area (Å²) in [5, 5.41) is 11.4. The van der Waals surface area contributed by atoms with E-state index in [0.29, 0.717) is 25.0 Å². The van der Waals surface area contributed by atoms with E-state index in [1.54, 1.807) is 0 Å². The Balaban J connectivity index is 1.90. The molecule has 1 aromatic carbocycles. The van der Waals surface area contributed by atoms with Crippen LogP contribution >= 0.6 is 0 Å². The lowest BCUT2D eigenvalue weighted by Crippen LogP contribution is -2.15. The molecule has 2 aromatic rings. The molecule has 0 amide bonds. The van der Waals surface area contributed by atoms with E-state index in [1.807, 2.05) is 13.1 Å². The fraction of sp³-hybridized carbons (Fsp3) is 0.429. The van der Waals surface area contributed by atoms with Gasteiger partial charge in [-0.05, 0) is 36.7 Å². The molecule has 0 radical (unpaired) electrons. The van der Waals surface area contributed by atoms with Crippen LogP contribution in [0.3, 0.4) is 0 Å². The summed E-state index contributed by atoms with van der Waals surface area (Å²) in [6.45, 7) is 3.44.